The van der Waals surface area contributed by atoms with Crippen LogP contribution in [0.4, 0.5) is 4.39 Å². The van der Waals surface area contributed by atoms with Crippen molar-refractivity contribution in [1.82, 2.24) is 9.80 Å². The van der Waals surface area contributed by atoms with Crippen molar-refractivity contribution >= 4 is 11.7 Å². The van der Waals surface area contributed by atoms with Crippen LogP contribution < -0.4 is 0 Å². The van der Waals surface area contributed by atoms with E-state index in [1.807, 2.05) is 43.4 Å². The molecule has 0 aromatic heterocycles. The third-order valence-corrected chi connectivity index (χ3v) is 8.64. The molecular weight excluding hydrogens is 463 g/mol. The quantitative estimate of drug-likeness (QED) is 0.420. The predicted molar refractivity (Wildman–Crippen MR) is 144 cm³/mol. The van der Waals surface area contributed by atoms with E-state index >= 15 is 0 Å². The van der Waals surface area contributed by atoms with Gasteiger partial charge >= 0.3 is 0 Å². The van der Waals surface area contributed by atoms with Crippen LogP contribution in [0.3, 0.4) is 0 Å². The van der Waals surface area contributed by atoms with E-state index in [-0.39, 0.29) is 23.4 Å². The molecule has 3 aromatic rings. The fraction of sp³-hybridized carbons (Fsp3) is 0.375. The second-order valence-corrected chi connectivity index (χ2v) is 10.8. The lowest BCUT2D eigenvalue weighted by Gasteiger charge is -2.41. The Bertz CT molecular complexity index is 1240. The van der Waals surface area contributed by atoms with Crippen molar-refractivity contribution in [3.05, 3.63) is 107 Å². The molecule has 0 N–H and O–H groups in total. The second kappa shape index (κ2) is 10.2. The maximum atomic E-state index is 13.9. The summed E-state index contributed by atoms with van der Waals surface area (Å²) in [5.41, 5.74) is 2.14. The maximum Gasteiger partial charge on any atom is 0.233 e. The topological polar surface area (TPSA) is 40.6 Å². The lowest BCUT2D eigenvalue weighted by Crippen LogP contribution is -2.47. The van der Waals surface area contributed by atoms with Gasteiger partial charge in [0.15, 0.2) is 0 Å². The number of halogens is 1. The van der Waals surface area contributed by atoms with Crippen LogP contribution in [-0.2, 0) is 27.0 Å². The predicted octanol–water partition coefficient (Wildman–Crippen LogP) is 5.36. The fourth-order valence-corrected chi connectivity index (χ4v) is 6.33. The van der Waals surface area contributed by atoms with Crippen molar-refractivity contribution in [3.8, 4) is 0 Å². The van der Waals surface area contributed by atoms with Gasteiger partial charge in [-0.2, -0.15) is 0 Å². The van der Waals surface area contributed by atoms with Gasteiger partial charge in [0.25, 0.3) is 0 Å². The number of likely N-dealkylation sites (N-methyl/N-ethyl adjacent to an activating group) is 1. The van der Waals surface area contributed by atoms with Gasteiger partial charge in [-0.05, 0) is 74.0 Å². The van der Waals surface area contributed by atoms with Gasteiger partial charge in [0.2, 0.25) is 5.91 Å². The summed E-state index contributed by atoms with van der Waals surface area (Å²) in [5, 5.41) is 0. The molecule has 1 heterocycles. The smallest absolute Gasteiger partial charge is 0.233 e. The highest BCUT2D eigenvalue weighted by Crippen LogP contribution is 2.56. The van der Waals surface area contributed by atoms with E-state index < -0.39 is 10.8 Å². The largest absolute Gasteiger partial charge is 0.341 e. The number of hydrogen-bond acceptors (Lipinski definition) is 3. The molecule has 2 aliphatic rings. The Hall–Kier alpha value is -3.31. The summed E-state index contributed by atoms with van der Waals surface area (Å²) in [6.45, 7) is 4.70. The highest BCUT2D eigenvalue weighted by Gasteiger charge is 2.62. The molecule has 1 aliphatic heterocycles. The summed E-state index contributed by atoms with van der Waals surface area (Å²) in [4.78, 5) is 30.9. The Kier molecular flexibility index (Phi) is 7.00. The molecule has 1 amide bonds. The Balaban J connectivity index is 1.30. The van der Waals surface area contributed by atoms with E-state index in [1.165, 1.54) is 12.1 Å². The van der Waals surface area contributed by atoms with Crippen LogP contribution in [0.2, 0.25) is 0 Å². The Morgan fingerprint density at radius 1 is 0.892 bits per heavy atom. The van der Waals surface area contributed by atoms with E-state index in [1.54, 1.807) is 24.0 Å². The van der Waals surface area contributed by atoms with Gasteiger partial charge in [-0.25, -0.2) is 4.39 Å². The zero-order chi connectivity index (χ0) is 26.0. The van der Waals surface area contributed by atoms with Gasteiger partial charge < -0.3 is 9.80 Å². The molecule has 4 nitrogen and oxygen atoms in total. The van der Waals surface area contributed by atoms with Crippen molar-refractivity contribution < 1.29 is 14.0 Å². The van der Waals surface area contributed by atoms with Crippen molar-refractivity contribution in [2.45, 2.75) is 43.6 Å². The first kappa shape index (κ1) is 25.3. The van der Waals surface area contributed by atoms with Crippen LogP contribution in [0.5, 0.6) is 0 Å². The van der Waals surface area contributed by atoms with Crippen molar-refractivity contribution in [1.29, 1.82) is 0 Å². The first-order valence-corrected chi connectivity index (χ1v) is 13.2. The molecule has 1 aliphatic carbocycles. The monoisotopic (exact) mass is 498 g/mol. The van der Waals surface area contributed by atoms with Gasteiger partial charge in [0, 0.05) is 20.1 Å². The summed E-state index contributed by atoms with van der Waals surface area (Å²) < 4.78 is 13.4. The number of hydrogen-bond donors (Lipinski definition) is 0. The van der Waals surface area contributed by atoms with Crippen LogP contribution in [-0.4, -0.2) is 48.2 Å². The van der Waals surface area contributed by atoms with Gasteiger partial charge in [-0.1, -0.05) is 72.8 Å². The van der Waals surface area contributed by atoms with Gasteiger partial charge in [0.05, 0.1) is 10.8 Å². The van der Waals surface area contributed by atoms with Crippen molar-refractivity contribution in [3.63, 3.8) is 0 Å². The normalized spacial score (nSPS) is 22.8. The number of rotatable bonds is 8. The first-order chi connectivity index (χ1) is 17.8. The molecule has 5 rings (SSSR count). The number of nitrogens with zero attached hydrogens (tertiary/aromatic N) is 2. The van der Waals surface area contributed by atoms with Crippen LogP contribution in [0, 0.1) is 11.7 Å². The molecule has 0 spiro atoms. The van der Waals surface area contributed by atoms with E-state index in [4.69, 9.17) is 0 Å². The van der Waals surface area contributed by atoms with Crippen molar-refractivity contribution in [2.75, 3.05) is 26.7 Å². The Morgan fingerprint density at radius 3 is 2.03 bits per heavy atom. The van der Waals surface area contributed by atoms with Gasteiger partial charge in [-0.15, -0.1) is 0 Å². The molecule has 3 aromatic carbocycles. The van der Waals surface area contributed by atoms with E-state index in [0.29, 0.717) is 6.54 Å². The number of ketones is 1. The van der Waals surface area contributed by atoms with Crippen LogP contribution in [0.15, 0.2) is 84.9 Å². The van der Waals surface area contributed by atoms with E-state index in [9.17, 15) is 14.0 Å². The molecule has 2 fully saturated rings. The number of likely N-dealkylation sites (tertiary alicyclic amines) is 1. The molecular formula is C32H35FN2O2. The van der Waals surface area contributed by atoms with Gasteiger partial charge in [0.1, 0.15) is 11.6 Å². The average molecular weight is 499 g/mol. The minimum absolute atomic E-state index is 0.118. The molecule has 0 bridgehead atoms. The third-order valence-electron chi connectivity index (χ3n) is 8.64. The first-order valence-electron chi connectivity index (χ1n) is 13.2. The number of piperidine rings is 1. The molecule has 37 heavy (non-hydrogen) atoms. The number of carbonyl (C=O) groups is 2. The van der Waals surface area contributed by atoms with E-state index in [0.717, 1.165) is 55.6 Å². The molecule has 1 saturated heterocycles. The lowest BCUT2D eigenvalue weighted by molar-refractivity contribution is -0.133. The minimum Gasteiger partial charge on any atom is -0.341 e. The second-order valence-electron chi connectivity index (χ2n) is 10.8. The minimum atomic E-state index is -0.537. The fourth-order valence-electron chi connectivity index (χ4n) is 6.33. The lowest BCUT2D eigenvalue weighted by atomic mass is 9.70. The molecule has 2 unspecified atom stereocenters. The summed E-state index contributed by atoms with van der Waals surface area (Å²) >= 11 is 0. The Morgan fingerprint density at radius 2 is 1.46 bits per heavy atom. The molecule has 0 radical (unpaired) electrons. The van der Waals surface area contributed by atoms with Crippen LogP contribution >= 0.6 is 0 Å². The molecule has 1 saturated carbocycles. The number of amides is 1. The maximum absolute atomic E-state index is 13.9. The SMILES string of the molecule is CC(=O)C1(c2ccccc2)CCN(CC2CC2(C(=O)N(C)Cc2ccc(F)cc2)c2ccccc2)CC1. The molecule has 5 heteroatoms. The van der Waals surface area contributed by atoms with E-state index in [2.05, 4.69) is 29.2 Å². The Labute approximate surface area is 219 Å². The standard InChI is InChI=1S/C32H35FN2O2/c1-24(36)31(26-9-5-3-6-10-26)17-19-35(20-18-31)23-28-21-32(28,27-11-7-4-8-12-27)30(37)34(2)22-25-13-15-29(33)16-14-25/h3-16,28H,17-23H2,1-2H3. The van der Waals surface area contributed by atoms with Crippen molar-refractivity contribution in [2.24, 2.45) is 5.92 Å². The molecule has 2 atom stereocenters. The van der Waals surface area contributed by atoms with Crippen LogP contribution in [0.25, 0.3) is 0 Å². The highest BCUT2D eigenvalue weighted by atomic mass is 19.1. The molecule has 192 valence electrons. The highest BCUT2D eigenvalue weighted by molar-refractivity contribution is 5.92. The van der Waals surface area contributed by atoms with Crippen LogP contribution in [0.1, 0.15) is 42.9 Å². The summed E-state index contributed by atoms with van der Waals surface area (Å²) in [7, 11) is 1.84. The average Bonchev–Trinajstić information content (AvgIpc) is 3.65. The zero-order valence-electron chi connectivity index (χ0n) is 21.7. The zero-order valence-corrected chi connectivity index (χ0v) is 21.7. The number of benzene rings is 3. The summed E-state index contributed by atoms with van der Waals surface area (Å²) in [5.74, 6) is 0.302. The summed E-state index contributed by atoms with van der Waals surface area (Å²) in [6, 6.07) is 26.6. The van der Waals surface area contributed by atoms with Gasteiger partial charge in [-0.3, -0.25) is 9.59 Å². The summed E-state index contributed by atoms with van der Waals surface area (Å²) in [6.07, 6.45) is 2.42. The third kappa shape index (κ3) is 4.85. The number of Topliss-reactive ketones (excluding diaryl/α,β-unsaturated/α-hetero) is 1. The number of carbonyl (C=O) groups excluding carboxylic acids is 2.